The topological polar surface area (TPSA) is 152 Å². The number of carbonyl (C=O) groups is 1. The molecule has 0 rings (SSSR count). The first-order valence-corrected chi connectivity index (χ1v) is 9.47. The molecule has 0 radical (unpaired) electrons. The maximum Gasteiger partial charge on any atom is 1.00 e. The van der Waals surface area contributed by atoms with E-state index in [1.165, 1.54) is 44.9 Å². The summed E-state index contributed by atoms with van der Waals surface area (Å²) in [6.07, 6.45) is 10.7. The van der Waals surface area contributed by atoms with E-state index in [1.807, 2.05) is 0 Å². The molecule has 0 aliphatic heterocycles. The monoisotopic (exact) mass is 396 g/mol. The standard InChI is InChI=1S/C12H24O2.C3H7O2.Na.H2O4S/c1-2-3-4-5-6-7-8-9-10-11-12(13)14;1-3(5)2-4;;1-5(2,3)4/h2-11H2,1H3,(H,13,14);3-5H,1-2H2;;(H2,1,2,3,4)/q;-1;+1;. The van der Waals surface area contributed by atoms with Crippen LogP contribution < -0.4 is 29.6 Å². The zero-order chi connectivity index (χ0) is 19.4. The van der Waals surface area contributed by atoms with Gasteiger partial charge in [-0.3, -0.25) is 13.9 Å². The predicted octanol–water partition coefficient (Wildman–Crippen LogP) is -0.483. The minimum atomic E-state index is -4.67. The van der Waals surface area contributed by atoms with Crippen LogP contribution in [0.1, 0.15) is 71.1 Å². The average Bonchev–Trinajstić information content (AvgIpc) is 2.44. The Hall–Kier alpha value is 0.260. The first-order valence-electron chi connectivity index (χ1n) is 8.08. The molecule has 0 aromatic rings. The zero-order valence-corrected chi connectivity index (χ0v) is 18.2. The Bertz CT molecular complexity index is 353. The molecule has 5 N–H and O–H groups in total. The van der Waals surface area contributed by atoms with Gasteiger partial charge in [0.15, 0.2) is 0 Å². The van der Waals surface area contributed by atoms with E-state index in [1.54, 1.807) is 0 Å². The molecule has 1 atom stereocenters. The van der Waals surface area contributed by atoms with Crippen LogP contribution in [0.4, 0.5) is 0 Å². The first-order chi connectivity index (χ1) is 11.0. The summed E-state index contributed by atoms with van der Waals surface area (Å²) >= 11 is 0. The van der Waals surface area contributed by atoms with Gasteiger partial charge in [-0.25, -0.2) is 0 Å². The van der Waals surface area contributed by atoms with Gasteiger partial charge in [0.2, 0.25) is 0 Å². The van der Waals surface area contributed by atoms with Crippen molar-refractivity contribution in [2.24, 2.45) is 0 Å². The van der Waals surface area contributed by atoms with E-state index in [0.29, 0.717) is 6.42 Å². The molecule has 0 aliphatic carbocycles. The van der Waals surface area contributed by atoms with Crippen molar-refractivity contribution < 1.29 is 67.2 Å². The van der Waals surface area contributed by atoms with Crippen molar-refractivity contribution in [2.75, 3.05) is 6.61 Å². The minimum Gasteiger partial charge on any atom is -0.481 e. The SMILES string of the molecule is CCCCCCCCCCCC(=O)O.O=S(=O)(O)O.[CH2-]C(O)CO.[Na+]. The van der Waals surface area contributed by atoms with Gasteiger partial charge in [0, 0.05) is 13.0 Å². The Balaban J connectivity index is -0.000000166. The van der Waals surface area contributed by atoms with Crippen LogP contribution in [0.15, 0.2) is 0 Å². The average molecular weight is 396 g/mol. The minimum absolute atomic E-state index is 0. The molecular formula is C15H33NaO8S. The van der Waals surface area contributed by atoms with E-state index in [-0.39, 0.29) is 36.2 Å². The number of aliphatic hydroxyl groups is 2. The summed E-state index contributed by atoms with van der Waals surface area (Å²) in [5.41, 5.74) is 0. The van der Waals surface area contributed by atoms with E-state index in [0.717, 1.165) is 12.8 Å². The van der Waals surface area contributed by atoms with Gasteiger partial charge in [-0.2, -0.15) is 8.42 Å². The number of aliphatic hydroxyl groups excluding tert-OH is 2. The number of carboxylic acid groups (broad SMARTS) is 1. The maximum atomic E-state index is 10.2. The molecule has 0 saturated heterocycles. The molecule has 0 spiro atoms. The normalized spacial score (nSPS) is 11.1. The molecule has 0 fully saturated rings. The second kappa shape index (κ2) is 24.3. The van der Waals surface area contributed by atoms with Gasteiger partial charge < -0.3 is 22.2 Å². The van der Waals surface area contributed by atoms with Crippen molar-refractivity contribution >= 4 is 16.4 Å². The third kappa shape index (κ3) is 68.4. The van der Waals surface area contributed by atoms with Gasteiger partial charge >= 0.3 is 45.9 Å². The molecule has 8 nitrogen and oxygen atoms in total. The van der Waals surface area contributed by atoms with E-state index in [2.05, 4.69) is 13.8 Å². The Labute approximate surface area is 173 Å². The zero-order valence-electron chi connectivity index (χ0n) is 15.4. The summed E-state index contributed by atoms with van der Waals surface area (Å²) in [5, 5.41) is 24.2. The van der Waals surface area contributed by atoms with Crippen LogP contribution in [0.2, 0.25) is 0 Å². The van der Waals surface area contributed by atoms with Crippen molar-refractivity contribution in [1.29, 1.82) is 0 Å². The van der Waals surface area contributed by atoms with Crippen molar-refractivity contribution in [1.82, 2.24) is 0 Å². The molecule has 25 heavy (non-hydrogen) atoms. The van der Waals surface area contributed by atoms with Crippen LogP contribution in [0.25, 0.3) is 0 Å². The number of hydrogen-bond donors (Lipinski definition) is 5. The summed E-state index contributed by atoms with van der Waals surface area (Å²) in [7, 11) is -4.67. The fourth-order valence-electron chi connectivity index (χ4n) is 1.59. The predicted molar refractivity (Wildman–Crippen MR) is 92.1 cm³/mol. The molecule has 0 aromatic carbocycles. The van der Waals surface area contributed by atoms with Gasteiger partial charge in [0.1, 0.15) is 0 Å². The number of aliphatic carboxylic acids is 1. The number of hydrogen-bond acceptors (Lipinski definition) is 5. The molecule has 0 aromatic heterocycles. The third-order valence-electron chi connectivity index (χ3n) is 2.70. The fraction of sp³-hybridized carbons (Fsp3) is 0.867. The molecule has 0 aliphatic rings. The summed E-state index contributed by atoms with van der Waals surface area (Å²) < 4.78 is 31.6. The van der Waals surface area contributed by atoms with E-state index < -0.39 is 22.5 Å². The summed E-state index contributed by atoms with van der Waals surface area (Å²) in [6.45, 7) is 5.04. The van der Waals surface area contributed by atoms with Gasteiger partial charge in [0.25, 0.3) is 0 Å². The van der Waals surface area contributed by atoms with Crippen LogP contribution in [0.5, 0.6) is 0 Å². The van der Waals surface area contributed by atoms with Crippen LogP contribution in [-0.2, 0) is 15.2 Å². The summed E-state index contributed by atoms with van der Waals surface area (Å²) in [4.78, 5) is 10.2. The number of unbranched alkanes of at least 4 members (excludes halogenated alkanes) is 8. The fourth-order valence-corrected chi connectivity index (χ4v) is 1.59. The Morgan fingerprint density at radius 2 is 1.24 bits per heavy atom. The first kappa shape index (κ1) is 32.9. The summed E-state index contributed by atoms with van der Waals surface area (Å²) in [6, 6.07) is 0. The third-order valence-corrected chi connectivity index (χ3v) is 2.70. The maximum absolute atomic E-state index is 10.2. The van der Waals surface area contributed by atoms with Crippen LogP contribution in [-0.4, -0.2) is 51.5 Å². The van der Waals surface area contributed by atoms with Crippen molar-refractivity contribution in [3.05, 3.63) is 6.92 Å². The van der Waals surface area contributed by atoms with Gasteiger partial charge in [-0.15, -0.1) is 0 Å². The Morgan fingerprint density at radius 1 is 0.960 bits per heavy atom. The molecule has 0 saturated carbocycles. The van der Waals surface area contributed by atoms with Gasteiger partial charge in [-0.1, -0.05) is 58.3 Å². The van der Waals surface area contributed by atoms with Gasteiger partial charge in [0.05, 0.1) is 0 Å². The van der Waals surface area contributed by atoms with Gasteiger partial charge in [-0.05, 0) is 12.5 Å². The number of carboxylic acids is 1. The quantitative estimate of drug-likeness (QED) is 0.136. The van der Waals surface area contributed by atoms with E-state index in [4.69, 9.17) is 32.8 Å². The molecule has 0 amide bonds. The van der Waals surface area contributed by atoms with Crippen LogP contribution >= 0.6 is 0 Å². The molecule has 0 heterocycles. The van der Waals surface area contributed by atoms with E-state index >= 15 is 0 Å². The Kier molecular flexibility index (Phi) is 31.9. The molecule has 1 unspecified atom stereocenters. The molecule has 0 bridgehead atoms. The number of rotatable bonds is 11. The second-order valence-corrected chi connectivity index (χ2v) is 6.15. The smallest absolute Gasteiger partial charge is 0.481 e. The van der Waals surface area contributed by atoms with E-state index in [9.17, 15) is 4.79 Å². The van der Waals surface area contributed by atoms with Crippen LogP contribution in [0, 0.1) is 6.92 Å². The van der Waals surface area contributed by atoms with Crippen LogP contribution in [0.3, 0.4) is 0 Å². The molecular weight excluding hydrogens is 363 g/mol. The summed E-state index contributed by atoms with van der Waals surface area (Å²) in [5.74, 6) is -0.659. The molecule has 148 valence electrons. The van der Waals surface area contributed by atoms with Crippen molar-refractivity contribution in [2.45, 2.75) is 77.2 Å². The largest absolute Gasteiger partial charge is 1.00 e. The Morgan fingerprint density at radius 3 is 1.48 bits per heavy atom. The van der Waals surface area contributed by atoms with Crippen molar-refractivity contribution in [3.8, 4) is 0 Å². The second-order valence-electron chi connectivity index (χ2n) is 5.26. The van der Waals surface area contributed by atoms with Crippen molar-refractivity contribution in [3.63, 3.8) is 0 Å². The molecule has 10 heteroatoms.